The number of aliphatic carboxylic acids is 1. The molecule has 4 heterocycles. The highest BCUT2D eigenvalue weighted by molar-refractivity contribution is 7.17. The Kier molecular flexibility index (Phi) is 8.16. The second kappa shape index (κ2) is 11.5. The standard InChI is InChI=1S/C24H28N6O4S2/c1-15(2)19-20(22(32)26-14-17(23(33)34)27-21(31)18-4-3-13-35-18)36-24(28-19)30-11-9-29(10-12-30)16-5-7-25-8-6-16/h3-8,13,15,17H,9-12,14H2,1-2H3,(H,26,32)(H,27,31)(H,33,34)/t17-/m0/s1. The lowest BCUT2D eigenvalue weighted by molar-refractivity contribution is -0.139. The van der Waals surface area contributed by atoms with Crippen molar-refractivity contribution >= 4 is 51.3 Å². The summed E-state index contributed by atoms with van der Waals surface area (Å²) < 4.78 is 0. The van der Waals surface area contributed by atoms with Gasteiger partial charge in [0.05, 0.1) is 10.6 Å². The molecule has 1 aliphatic heterocycles. The second-order valence-electron chi connectivity index (χ2n) is 8.60. The number of thiophene rings is 1. The summed E-state index contributed by atoms with van der Waals surface area (Å²) in [5.41, 5.74) is 1.81. The first-order valence-electron chi connectivity index (χ1n) is 11.6. The third kappa shape index (κ3) is 6.00. The molecule has 2 amide bonds. The Balaban J connectivity index is 1.40. The zero-order valence-corrected chi connectivity index (χ0v) is 21.6. The maximum absolute atomic E-state index is 13.1. The minimum absolute atomic E-state index is 0.0164. The van der Waals surface area contributed by atoms with Crippen molar-refractivity contribution in [2.45, 2.75) is 25.8 Å². The van der Waals surface area contributed by atoms with Crippen LogP contribution in [-0.4, -0.2) is 71.6 Å². The first-order valence-corrected chi connectivity index (χ1v) is 13.3. The molecule has 1 saturated heterocycles. The molecule has 3 aromatic rings. The number of pyridine rings is 1. The van der Waals surface area contributed by atoms with Crippen molar-refractivity contribution in [2.75, 3.05) is 42.5 Å². The molecule has 1 atom stereocenters. The number of piperazine rings is 1. The van der Waals surface area contributed by atoms with E-state index in [1.807, 2.05) is 26.0 Å². The molecular formula is C24H28N6O4S2. The van der Waals surface area contributed by atoms with Crippen LogP contribution in [0.2, 0.25) is 0 Å². The summed E-state index contributed by atoms with van der Waals surface area (Å²) in [7, 11) is 0. The van der Waals surface area contributed by atoms with Crippen molar-refractivity contribution < 1.29 is 19.5 Å². The Morgan fingerprint density at radius 2 is 1.75 bits per heavy atom. The van der Waals surface area contributed by atoms with Crippen LogP contribution >= 0.6 is 22.7 Å². The number of carboxylic acids is 1. The molecule has 0 saturated carbocycles. The maximum Gasteiger partial charge on any atom is 0.328 e. The van der Waals surface area contributed by atoms with E-state index in [2.05, 4.69) is 25.4 Å². The number of aromatic nitrogens is 2. The van der Waals surface area contributed by atoms with Gasteiger partial charge in [-0.15, -0.1) is 11.3 Å². The molecule has 190 valence electrons. The summed E-state index contributed by atoms with van der Waals surface area (Å²) in [5.74, 6) is -2.08. The molecule has 12 heteroatoms. The Morgan fingerprint density at radius 3 is 2.36 bits per heavy atom. The van der Waals surface area contributed by atoms with Gasteiger partial charge in [-0.1, -0.05) is 31.3 Å². The fourth-order valence-corrected chi connectivity index (χ4v) is 5.65. The first kappa shape index (κ1) is 25.6. The number of hydrogen-bond acceptors (Lipinski definition) is 9. The van der Waals surface area contributed by atoms with Gasteiger partial charge in [0.25, 0.3) is 11.8 Å². The van der Waals surface area contributed by atoms with Gasteiger partial charge in [0.1, 0.15) is 10.9 Å². The van der Waals surface area contributed by atoms with Crippen LogP contribution in [0.3, 0.4) is 0 Å². The van der Waals surface area contributed by atoms with Crippen molar-refractivity contribution in [3.05, 3.63) is 57.5 Å². The summed E-state index contributed by atoms with van der Waals surface area (Å²) in [4.78, 5) is 51.2. The molecule has 1 aliphatic rings. The molecule has 0 spiro atoms. The van der Waals surface area contributed by atoms with Gasteiger partial charge in [0, 0.05) is 50.8 Å². The molecule has 0 aliphatic carbocycles. The van der Waals surface area contributed by atoms with Crippen molar-refractivity contribution in [3.63, 3.8) is 0 Å². The van der Waals surface area contributed by atoms with Crippen molar-refractivity contribution in [2.24, 2.45) is 0 Å². The quantitative estimate of drug-likeness (QED) is 0.387. The third-order valence-electron chi connectivity index (χ3n) is 5.79. The summed E-state index contributed by atoms with van der Waals surface area (Å²) in [6.07, 6.45) is 3.57. The summed E-state index contributed by atoms with van der Waals surface area (Å²) in [5, 5.41) is 17.2. The van der Waals surface area contributed by atoms with E-state index in [9.17, 15) is 19.5 Å². The van der Waals surface area contributed by atoms with Crippen LogP contribution in [-0.2, 0) is 4.79 Å². The van der Waals surface area contributed by atoms with E-state index >= 15 is 0 Å². The largest absolute Gasteiger partial charge is 0.480 e. The molecule has 10 nitrogen and oxygen atoms in total. The van der Waals surface area contributed by atoms with Crippen LogP contribution < -0.4 is 20.4 Å². The number of nitrogens with one attached hydrogen (secondary N) is 2. The zero-order valence-electron chi connectivity index (χ0n) is 20.0. The molecule has 0 unspecified atom stereocenters. The molecule has 0 aromatic carbocycles. The van der Waals surface area contributed by atoms with Crippen LogP contribution in [0.1, 0.15) is 44.8 Å². The summed E-state index contributed by atoms with van der Waals surface area (Å²) in [6, 6.07) is 6.06. The highest BCUT2D eigenvalue weighted by Gasteiger charge is 2.27. The van der Waals surface area contributed by atoms with E-state index < -0.39 is 23.8 Å². The van der Waals surface area contributed by atoms with Gasteiger partial charge in [-0.2, -0.15) is 0 Å². The van der Waals surface area contributed by atoms with E-state index in [1.165, 1.54) is 22.7 Å². The molecule has 0 bridgehead atoms. The highest BCUT2D eigenvalue weighted by atomic mass is 32.1. The second-order valence-corrected chi connectivity index (χ2v) is 10.5. The number of hydrogen-bond donors (Lipinski definition) is 3. The smallest absolute Gasteiger partial charge is 0.328 e. The van der Waals surface area contributed by atoms with Crippen LogP contribution in [0, 0.1) is 0 Å². The van der Waals surface area contributed by atoms with E-state index in [1.54, 1.807) is 29.9 Å². The van der Waals surface area contributed by atoms with E-state index in [0.717, 1.165) is 37.0 Å². The molecule has 36 heavy (non-hydrogen) atoms. The summed E-state index contributed by atoms with van der Waals surface area (Å²) >= 11 is 2.53. The van der Waals surface area contributed by atoms with E-state index in [0.29, 0.717) is 15.4 Å². The van der Waals surface area contributed by atoms with Gasteiger partial charge in [-0.25, -0.2) is 9.78 Å². The maximum atomic E-state index is 13.1. The monoisotopic (exact) mass is 528 g/mol. The lowest BCUT2D eigenvalue weighted by Crippen LogP contribution is -2.48. The number of thiazole rings is 1. The van der Waals surface area contributed by atoms with Crippen LogP contribution in [0.5, 0.6) is 0 Å². The molecule has 4 rings (SSSR count). The lowest BCUT2D eigenvalue weighted by Gasteiger charge is -2.35. The van der Waals surface area contributed by atoms with Crippen LogP contribution in [0.15, 0.2) is 42.0 Å². The SMILES string of the molecule is CC(C)c1nc(N2CCN(c3ccncc3)CC2)sc1C(=O)NC[C@H](NC(=O)c1cccs1)C(=O)O. The third-order valence-corrected chi connectivity index (χ3v) is 7.79. The predicted octanol–water partition coefficient (Wildman–Crippen LogP) is 2.66. The van der Waals surface area contributed by atoms with Gasteiger partial charge >= 0.3 is 5.97 Å². The average molecular weight is 529 g/mol. The fraction of sp³-hybridized carbons (Fsp3) is 0.375. The summed E-state index contributed by atoms with van der Waals surface area (Å²) in [6.45, 7) is 6.89. The minimum Gasteiger partial charge on any atom is -0.480 e. The van der Waals surface area contributed by atoms with Gasteiger partial charge in [0.2, 0.25) is 0 Å². The highest BCUT2D eigenvalue weighted by Crippen LogP contribution is 2.31. The Bertz CT molecular complexity index is 1190. The topological polar surface area (TPSA) is 128 Å². The van der Waals surface area contributed by atoms with E-state index in [-0.39, 0.29) is 12.5 Å². The number of amides is 2. The molecule has 3 N–H and O–H groups in total. The predicted molar refractivity (Wildman–Crippen MR) is 140 cm³/mol. The van der Waals surface area contributed by atoms with Crippen LogP contribution in [0.4, 0.5) is 10.8 Å². The molecular weight excluding hydrogens is 500 g/mol. The average Bonchev–Trinajstić information content (AvgIpc) is 3.58. The van der Waals surface area contributed by atoms with Crippen LogP contribution in [0.25, 0.3) is 0 Å². The first-order chi connectivity index (χ1) is 17.3. The van der Waals surface area contributed by atoms with Gasteiger partial charge < -0.3 is 25.5 Å². The number of anilines is 2. The van der Waals surface area contributed by atoms with Gasteiger partial charge in [-0.05, 0) is 29.5 Å². The normalized spacial score (nSPS) is 14.5. The van der Waals surface area contributed by atoms with Crippen molar-refractivity contribution in [1.29, 1.82) is 0 Å². The number of carbonyl (C=O) groups excluding carboxylic acids is 2. The lowest BCUT2D eigenvalue weighted by atomic mass is 10.1. The number of rotatable bonds is 9. The number of carboxylic acid groups (broad SMARTS) is 1. The van der Waals surface area contributed by atoms with Gasteiger partial charge in [-0.3, -0.25) is 14.6 Å². The van der Waals surface area contributed by atoms with E-state index in [4.69, 9.17) is 4.98 Å². The number of nitrogens with zero attached hydrogens (tertiary/aromatic N) is 4. The minimum atomic E-state index is -1.25. The Labute approximate surface area is 217 Å². The number of carbonyl (C=O) groups is 3. The molecule has 1 fully saturated rings. The Morgan fingerprint density at radius 1 is 1.06 bits per heavy atom. The fourth-order valence-electron chi connectivity index (χ4n) is 3.83. The van der Waals surface area contributed by atoms with Gasteiger partial charge in [0.15, 0.2) is 5.13 Å². The van der Waals surface area contributed by atoms with Crippen molar-refractivity contribution in [1.82, 2.24) is 20.6 Å². The Hall–Kier alpha value is -3.51. The zero-order chi connectivity index (χ0) is 25.7. The molecule has 3 aromatic heterocycles. The molecule has 0 radical (unpaired) electrons. The van der Waals surface area contributed by atoms with Crippen molar-refractivity contribution in [3.8, 4) is 0 Å².